The van der Waals surface area contributed by atoms with Crippen LogP contribution in [0.25, 0.3) is 22.6 Å². The molecule has 0 saturated carbocycles. The average molecular weight is 441 g/mol. The van der Waals surface area contributed by atoms with Crippen molar-refractivity contribution in [2.24, 2.45) is 0 Å². The van der Waals surface area contributed by atoms with Crippen molar-refractivity contribution in [2.45, 2.75) is 6.92 Å². The summed E-state index contributed by atoms with van der Waals surface area (Å²) in [7, 11) is 3.77. The van der Waals surface area contributed by atoms with Gasteiger partial charge in [-0.25, -0.2) is 9.97 Å². The van der Waals surface area contributed by atoms with Crippen LogP contribution in [0.1, 0.15) is 17.0 Å². The molecule has 1 amide bonds. The first-order chi connectivity index (χ1) is 15.4. The van der Waals surface area contributed by atoms with E-state index in [0.29, 0.717) is 16.4 Å². The van der Waals surface area contributed by atoms with Gasteiger partial charge in [-0.1, -0.05) is 41.9 Å². The van der Waals surface area contributed by atoms with Crippen LogP contribution in [0.3, 0.4) is 0 Å². The molecule has 0 N–H and O–H groups in total. The highest BCUT2D eigenvalue weighted by molar-refractivity contribution is 6.37. The van der Waals surface area contributed by atoms with Gasteiger partial charge < -0.3 is 9.80 Å². The van der Waals surface area contributed by atoms with Crippen LogP contribution in [0.15, 0.2) is 66.7 Å². The van der Waals surface area contributed by atoms with Crippen LogP contribution in [0.5, 0.6) is 0 Å². The van der Waals surface area contributed by atoms with Gasteiger partial charge >= 0.3 is 0 Å². The first-order valence-corrected chi connectivity index (χ1v) is 10.7. The molecule has 2 heterocycles. The van der Waals surface area contributed by atoms with E-state index in [-0.39, 0.29) is 5.91 Å². The fourth-order valence-electron chi connectivity index (χ4n) is 4.08. The molecule has 5 nitrogen and oxygen atoms in total. The third-order valence-corrected chi connectivity index (χ3v) is 6.12. The number of benzene rings is 3. The van der Waals surface area contributed by atoms with Crippen molar-refractivity contribution in [3.8, 4) is 0 Å². The van der Waals surface area contributed by atoms with Crippen LogP contribution in [0, 0.1) is 6.92 Å². The standard InChI is InChI=1S/C26H21ClN4O/c1-16-28-23-11-7-5-9-19(23)25(29-16)30(2)18-12-13-24-20(15-18)21(26(32)31(24)3)14-17-8-4-6-10-22(17)27/h4-15H,1-3H3/b21-14-. The Balaban J connectivity index is 1.64. The SMILES string of the molecule is Cc1nc(N(C)c2ccc3c(c2)/C(=C/c2ccccc2Cl)C(=O)N3C)c2ccccc2n1. The van der Waals surface area contributed by atoms with Gasteiger partial charge in [0.1, 0.15) is 11.6 Å². The summed E-state index contributed by atoms with van der Waals surface area (Å²) in [6.07, 6.45) is 1.86. The summed E-state index contributed by atoms with van der Waals surface area (Å²) in [5.74, 6) is 1.48. The Morgan fingerprint density at radius 2 is 1.75 bits per heavy atom. The number of carbonyl (C=O) groups excluding carboxylic acids is 1. The van der Waals surface area contributed by atoms with Gasteiger partial charge in [-0.05, 0) is 55.0 Å². The van der Waals surface area contributed by atoms with Crippen molar-refractivity contribution in [3.63, 3.8) is 0 Å². The largest absolute Gasteiger partial charge is 0.329 e. The Morgan fingerprint density at radius 1 is 1.00 bits per heavy atom. The highest BCUT2D eigenvalue weighted by Gasteiger charge is 2.30. The third-order valence-electron chi connectivity index (χ3n) is 5.77. The maximum Gasteiger partial charge on any atom is 0.258 e. The lowest BCUT2D eigenvalue weighted by atomic mass is 10.0. The van der Waals surface area contributed by atoms with E-state index in [0.717, 1.165) is 39.2 Å². The molecular formula is C26H21ClN4O. The number of aromatic nitrogens is 2. The van der Waals surface area contributed by atoms with Crippen molar-refractivity contribution in [1.82, 2.24) is 9.97 Å². The van der Waals surface area contributed by atoms with Gasteiger partial charge in [0, 0.05) is 41.3 Å². The van der Waals surface area contributed by atoms with E-state index in [1.54, 1.807) is 11.9 Å². The second kappa shape index (κ2) is 7.77. The van der Waals surface area contributed by atoms with Gasteiger partial charge in [-0.15, -0.1) is 0 Å². The number of hydrogen-bond donors (Lipinski definition) is 0. The number of anilines is 3. The molecule has 1 aromatic heterocycles. The maximum atomic E-state index is 13.0. The number of halogens is 1. The first kappa shape index (κ1) is 20.2. The minimum atomic E-state index is -0.0527. The predicted octanol–water partition coefficient (Wildman–Crippen LogP) is 5.88. The lowest BCUT2D eigenvalue weighted by Gasteiger charge is -2.21. The molecule has 0 spiro atoms. The number of hydrogen-bond acceptors (Lipinski definition) is 4. The van der Waals surface area contributed by atoms with Gasteiger partial charge in [0.15, 0.2) is 0 Å². The van der Waals surface area contributed by atoms with Crippen LogP contribution in [0.2, 0.25) is 5.02 Å². The molecule has 3 aromatic carbocycles. The van der Waals surface area contributed by atoms with E-state index < -0.39 is 0 Å². The molecule has 5 rings (SSSR count). The molecule has 0 saturated heterocycles. The van der Waals surface area contributed by atoms with Gasteiger partial charge in [-0.2, -0.15) is 0 Å². The van der Waals surface area contributed by atoms with E-state index in [1.165, 1.54) is 0 Å². The summed E-state index contributed by atoms with van der Waals surface area (Å²) in [6.45, 7) is 1.89. The summed E-state index contributed by atoms with van der Waals surface area (Å²) in [4.78, 5) is 26.0. The molecule has 6 heteroatoms. The van der Waals surface area contributed by atoms with Gasteiger partial charge in [-0.3, -0.25) is 4.79 Å². The first-order valence-electron chi connectivity index (χ1n) is 10.3. The Morgan fingerprint density at radius 3 is 2.56 bits per heavy atom. The van der Waals surface area contributed by atoms with Crippen LogP contribution in [0.4, 0.5) is 17.2 Å². The molecule has 0 atom stereocenters. The molecule has 1 aliphatic rings. The lowest BCUT2D eigenvalue weighted by Crippen LogP contribution is -2.20. The van der Waals surface area contributed by atoms with Crippen LogP contribution < -0.4 is 9.80 Å². The van der Waals surface area contributed by atoms with Crippen LogP contribution in [-0.4, -0.2) is 30.0 Å². The fourth-order valence-corrected chi connectivity index (χ4v) is 4.27. The molecule has 158 valence electrons. The number of fused-ring (bicyclic) bond motifs is 2. The van der Waals surface area contributed by atoms with Crippen LogP contribution in [-0.2, 0) is 4.79 Å². The van der Waals surface area contributed by atoms with Gasteiger partial charge in [0.25, 0.3) is 5.91 Å². The fraction of sp³-hybridized carbons (Fsp3) is 0.115. The molecule has 0 aliphatic carbocycles. The smallest absolute Gasteiger partial charge is 0.258 e. The minimum Gasteiger partial charge on any atom is -0.329 e. The zero-order chi connectivity index (χ0) is 22.4. The second-order valence-electron chi connectivity index (χ2n) is 7.82. The maximum absolute atomic E-state index is 13.0. The zero-order valence-corrected chi connectivity index (χ0v) is 18.8. The quantitative estimate of drug-likeness (QED) is 0.373. The summed E-state index contributed by atoms with van der Waals surface area (Å²) in [5, 5.41) is 1.58. The zero-order valence-electron chi connectivity index (χ0n) is 18.0. The molecule has 0 fully saturated rings. The minimum absolute atomic E-state index is 0.0527. The molecule has 4 aromatic rings. The summed E-state index contributed by atoms with van der Waals surface area (Å²) in [6, 6.07) is 21.5. The average Bonchev–Trinajstić information content (AvgIpc) is 3.03. The molecule has 0 radical (unpaired) electrons. The van der Waals surface area contributed by atoms with Crippen molar-refractivity contribution >= 4 is 57.3 Å². The second-order valence-corrected chi connectivity index (χ2v) is 8.22. The highest BCUT2D eigenvalue weighted by Crippen LogP contribution is 2.41. The number of carbonyl (C=O) groups is 1. The van der Waals surface area contributed by atoms with Crippen LogP contribution >= 0.6 is 11.6 Å². The number of para-hydroxylation sites is 1. The topological polar surface area (TPSA) is 49.3 Å². The third kappa shape index (κ3) is 3.31. The normalized spacial score (nSPS) is 14.3. The number of rotatable bonds is 3. The Hall–Kier alpha value is -3.70. The number of aryl methyl sites for hydroxylation is 1. The summed E-state index contributed by atoms with van der Waals surface area (Å²) >= 11 is 6.35. The molecule has 0 bridgehead atoms. The molecule has 1 aliphatic heterocycles. The predicted molar refractivity (Wildman–Crippen MR) is 132 cm³/mol. The van der Waals surface area contributed by atoms with E-state index in [9.17, 15) is 4.79 Å². The van der Waals surface area contributed by atoms with E-state index in [2.05, 4.69) is 4.98 Å². The van der Waals surface area contributed by atoms with E-state index in [4.69, 9.17) is 16.6 Å². The summed E-state index contributed by atoms with van der Waals surface area (Å²) < 4.78 is 0. The van der Waals surface area contributed by atoms with Crippen molar-refractivity contribution < 1.29 is 4.79 Å². The van der Waals surface area contributed by atoms with Crippen molar-refractivity contribution in [2.75, 3.05) is 23.9 Å². The number of amides is 1. The van der Waals surface area contributed by atoms with E-state index >= 15 is 0 Å². The highest BCUT2D eigenvalue weighted by atomic mass is 35.5. The Labute approximate surface area is 191 Å². The molecular weight excluding hydrogens is 420 g/mol. The molecule has 32 heavy (non-hydrogen) atoms. The van der Waals surface area contributed by atoms with Gasteiger partial charge in [0.2, 0.25) is 0 Å². The Bertz CT molecular complexity index is 1410. The summed E-state index contributed by atoms with van der Waals surface area (Å²) in [5.41, 5.74) is 5.01. The van der Waals surface area contributed by atoms with E-state index in [1.807, 2.05) is 91.7 Å². The monoisotopic (exact) mass is 440 g/mol. The lowest BCUT2D eigenvalue weighted by molar-refractivity contribution is -0.112. The van der Waals surface area contributed by atoms with Crippen molar-refractivity contribution in [1.29, 1.82) is 0 Å². The van der Waals surface area contributed by atoms with Gasteiger partial charge in [0.05, 0.1) is 11.2 Å². The number of nitrogens with zero attached hydrogens (tertiary/aromatic N) is 4. The number of likely N-dealkylation sites (N-methyl/N-ethyl adjacent to an activating group) is 1. The Kier molecular flexibility index (Phi) is 4.91. The molecule has 0 unspecified atom stereocenters. The van der Waals surface area contributed by atoms with Crippen molar-refractivity contribution in [3.05, 3.63) is 88.7 Å².